The van der Waals surface area contributed by atoms with Gasteiger partial charge in [0.2, 0.25) is 0 Å². The molecule has 25 heavy (non-hydrogen) atoms. The Morgan fingerprint density at radius 2 is 1.68 bits per heavy atom. The summed E-state index contributed by atoms with van der Waals surface area (Å²) in [6.07, 6.45) is 7.20. The second-order valence-electron chi connectivity index (χ2n) is 5.55. The third kappa shape index (κ3) is 4.35. The number of benzene rings is 2. The maximum Gasteiger partial charge on any atom is 0.336 e. The van der Waals surface area contributed by atoms with Gasteiger partial charge in [0.25, 0.3) is 0 Å². The Morgan fingerprint density at radius 3 is 2.20 bits per heavy atom. The summed E-state index contributed by atoms with van der Waals surface area (Å²) in [6, 6.07) is 9.63. The van der Waals surface area contributed by atoms with Crippen LogP contribution in [0.5, 0.6) is 0 Å². The van der Waals surface area contributed by atoms with E-state index in [-0.39, 0.29) is 11.3 Å². The fourth-order valence-corrected chi connectivity index (χ4v) is 3.91. The Labute approximate surface area is 156 Å². The predicted molar refractivity (Wildman–Crippen MR) is 106 cm³/mol. The highest BCUT2D eigenvalue weighted by atomic mass is 32.2. The summed E-state index contributed by atoms with van der Waals surface area (Å²) in [7, 11) is 0. The molecule has 0 saturated carbocycles. The van der Waals surface area contributed by atoms with Gasteiger partial charge in [0.1, 0.15) is 0 Å². The van der Waals surface area contributed by atoms with E-state index in [1.165, 1.54) is 16.7 Å². The number of rotatable bonds is 6. The molecule has 2 aromatic carbocycles. The molecule has 1 N–H and O–H groups in total. The normalized spacial score (nSPS) is 11.0. The fraction of sp³-hybridized carbons (Fsp3) is 0.200. The van der Waals surface area contributed by atoms with Gasteiger partial charge in [-0.05, 0) is 67.3 Å². The molecule has 0 atom stereocenters. The van der Waals surface area contributed by atoms with E-state index in [1.54, 1.807) is 43.8 Å². The van der Waals surface area contributed by atoms with Crippen molar-refractivity contribution in [2.45, 2.75) is 23.6 Å². The smallest absolute Gasteiger partial charge is 0.336 e. The molecule has 0 aliphatic carbocycles. The number of aryl methyl sites for hydroxylation is 1. The average Bonchev–Trinajstić information content (AvgIpc) is 2.59. The van der Waals surface area contributed by atoms with E-state index < -0.39 is 5.97 Å². The lowest BCUT2D eigenvalue weighted by Gasteiger charge is -2.13. The summed E-state index contributed by atoms with van der Waals surface area (Å²) in [5.41, 5.74) is 3.01. The molecule has 2 aromatic rings. The molecule has 0 amide bonds. The van der Waals surface area contributed by atoms with E-state index in [4.69, 9.17) is 0 Å². The van der Waals surface area contributed by atoms with Crippen molar-refractivity contribution in [2.24, 2.45) is 0 Å². The molecule has 0 unspecified atom stereocenters. The molecule has 3 nitrogen and oxygen atoms in total. The van der Waals surface area contributed by atoms with Crippen molar-refractivity contribution in [3.05, 3.63) is 64.2 Å². The number of carbonyl (C=O) groups is 2. The van der Waals surface area contributed by atoms with Crippen LogP contribution in [0.2, 0.25) is 0 Å². The lowest BCUT2D eigenvalue weighted by atomic mass is 9.97. The minimum atomic E-state index is -0.964. The second kappa shape index (κ2) is 8.41. The maximum atomic E-state index is 12.7. The standard InChI is InChI=1S/C20H20O3S2/c1-12-11-16(19(25-4)13(2)18(12)20(22)23)17(21)10-7-14-5-8-15(24-3)9-6-14/h5-11H,1-4H3,(H,22,23). The van der Waals surface area contributed by atoms with Crippen molar-refractivity contribution >= 4 is 41.4 Å². The molecule has 5 heteroatoms. The monoisotopic (exact) mass is 372 g/mol. The van der Waals surface area contributed by atoms with Gasteiger partial charge in [-0.1, -0.05) is 18.2 Å². The van der Waals surface area contributed by atoms with Crippen molar-refractivity contribution in [3.63, 3.8) is 0 Å². The Kier molecular flexibility index (Phi) is 6.51. The average molecular weight is 373 g/mol. The van der Waals surface area contributed by atoms with Crippen molar-refractivity contribution < 1.29 is 14.7 Å². The number of carboxylic acids is 1. The van der Waals surface area contributed by atoms with Gasteiger partial charge in [-0.15, -0.1) is 23.5 Å². The molecule has 130 valence electrons. The highest BCUT2D eigenvalue weighted by molar-refractivity contribution is 7.98. The lowest BCUT2D eigenvalue weighted by molar-refractivity contribution is 0.0694. The lowest BCUT2D eigenvalue weighted by Crippen LogP contribution is -2.08. The molecule has 0 bridgehead atoms. The van der Waals surface area contributed by atoms with Crippen LogP contribution in [0.15, 0.2) is 46.2 Å². The molecule has 0 fully saturated rings. The Hall–Kier alpha value is -1.98. The van der Waals surface area contributed by atoms with Crippen LogP contribution < -0.4 is 0 Å². The summed E-state index contributed by atoms with van der Waals surface area (Å²) in [5.74, 6) is -1.09. The van der Waals surface area contributed by atoms with Crippen LogP contribution in [0.3, 0.4) is 0 Å². The molecular formula is C20H20O3S2. The quantitative estimate of drug-likeness (QED) is 0.421. The van der Waals surface area contributed by atoms with Crippen LogP contribution in [0.4, 0.5) is 0 Å². The van der Waals surface area contributed by atoms with Gasteiger partial charge in [-0.25, -0.2) is 4.79 Å². The van der Waals surface area contributed by atoms with E-state index >= 15 is 0 Å². The Balaban J connectivity index is 2.38. The van der Waals surface area contributed by atoms with Gasteiger partial charge in [0.05, 0.1) is 5.56 Å². The van der Waals surface area contributed by atoms with Crippen LogP contribution in [0.25, 0.3) is 6.08 Å². The summed E-state index contributed by atoms with van der Waals surface area (Å²) in [4.78, 5) is 26.0. The van der Waals surface area contributed by atoms with E-state index in [1.807, 2.05) is 36.8 Å². The van der Waals surface area contributed by atoms with Crippen molar-refractivity contribution in [1.82, 2.24) is 0 Å². The van der Waals surface area contributed by atoms with Crippen LogP contribution in [0, 0.1) is 13.8 Å². The summed E-state index contributed by atoms with van der Waals surface area (Å²) in [5, 5.41) is 9.38. The maximum absolute atomic E-state index is 12.7. The van der Waals surface area contributed by atoms with Crippen molar-refractivity contribution in [2.75, 3.05) is 12.5 Å². The molecule has 0 aliphatic rings. The van der Waals surface area contributed by atoms with E-state index in [0.717, 1.165) is 10.5 Å². The Bertz CT molecular complexity index is 837. The number of carboxylic acid groups (broad SMARTS) is 1. The summed E-state index contributed by atoms with van der Waals surface area (Å²) >= 11 is 3.07. The number of hydrogen-bond acceptors (Lipinski definition) is 4. The van der Waals surface area contributed by atoms with Crippen LogP contribution >= 0.6 is 23.5 Å². The molecule has 2 rings (SSSR count). The number of hydrogen-bond donors (Lipinski definition) is 1. The second-order valence-corrected chi connectivity index (χ2v) is 7.25. The van der Waals surface area contributed by atoms with Gasteiger partial charge < -0.3 is 5.11 Å². The molecule has 0 radical (unpaired) electrons. The largest absolute Gasteiger partial charge is 0.478 e. The number of thioether (sulfide) groups is 2. The highest BCUT2D eigenvalue weighted by Crippen LogP contribution is 2.30. The van der Waals surface area contributed by atoms with Gasteiger partial charge in [-0.3, -0.25) is 4.79 Å². The van der Waals surface area contributed by atoms with Crippen LogP contribution in [-0.2, 0) is 0 Å². The molecule has 0 aliphatic heterocycles. The van der Waals surface area contributed by atoms with Gasteiger partial charge >= 0.3 is 5.97 Å². The molecule has 0 saturated heterocycles. The first-order valence-corrected chi connectivity index (χ1v) is 10.1. The van der Waals surface area contributed by atoms with Crippen molar-refractivity contribution in [1.29, 1.82) is 0 Å². The fourth-order valence-electron chi connectivity index (χ4n) is 2.72. The zero-order valence-corrected chi connectivity index (χ0v) is 16.3. The van der Waals surface area contributed by atoms with Crippen LogP contribution in [0.1, 0.15) is 37.4 Å². The third-order valence-corrected chi connectivity index (χ3v) is 5.62. The van der Waals surface area contributed by atoms with Gasteiger partial charge in [-0.2, -0.15) is 0 Å². The summed E-state index contributed by atoms with van der Waals surface area (Å²) < 4.78 is 0. The molecule has 0 spiro atoms. The molecule has 0 heterocycles. The highest BCUT2D eigenvalue weighted by Gasteiger charge is 2.19. The first-order valence-electron chi connectivity index (χ1n) is 7.67. The zero-order valence-electron chi connectivity index (χ0n) is 14.6. The summed E-state index contributed by atoms with van der Waals surface area (Å²) in [6.45, 7) is 3.48. The van der Waals surface area contributed by atoms with Crippen molar-refractivity contribution in [3.8, 4) is 0 Å². The minimum Gasteiger partial charge on any atom is -0.478 e. The Morgan fingerprint density at radius 1 is 1.04 bits per heavy atom. The predicted octanol–water partition coefficient (Wildman–Crippen LogP) is 5.34. The molecule has 0 aromatic heterocycles. The van der Waals surface area contributed by atoms with E-state index in [0.29, 0.717) is 16.7 Å². The topological polar surface area (TPSA) is 54.4 Å². The number of carbonyl (C=O) groups excluding carboxylic acids is 1. The van der Waals surface area contributed by atoms with E-state index in [9.17, 15) is 14.7 Å². The minimum absolute atomic E-state index is 0.124. The van der Waals surface area contributed by atoms with Crippen LogP contribution in [-0.4, -0.2) is 29.4 Å². The number of aromatic carboxylic acids is 1. The van der Waals surface area contributed by atoms with E-state index in [2.05, 4.69) is 0 Å². The SMILES string of the molecule is CSc1ccc(C=CC(=O)c2cc(C)c(C(=O)O)c(C)c2SC)cc1. The van der Waals surface area contributed by atoms with Gasteiger partial charge in [0, 0.05) is 15.4 Å². The number of allylic oxidation sites excluding steroid dienone is 1. The number of ketones is 1. The molecular weight excluding hydrogens is 352 g/mol. The van der Waals surface area contributed by atoms with Gasteiger partial charge in [0.15, 0.2) is 5.78 Å². The third-order valence-electron chi connectivity index (χ3n) is 3.94. The first kappa shape index (κ1) is 19.3. The first-order chi connectivity index (χ1) is 11.9. The zero-order chi connectivity index (χ0) is 18.6.